The number of fused-ring (bicyclic) bond motifs is 1. The highest BCUT2D eigenvalue weighted by atomic mass is 35.5. The SMILES string of the molecule is CCCCn1cnc2c(NCc3cccc(C)c3)nc(Cl)nc21. The monoisotopic (exact) mass is 329 g/mol. The number of benzene rings is 1. The van der Waals surface area contributed by atoms with Crippen LogP contribution in [0.25, 0.3) is 11.2 Å². The number of anilines is 1. The van der Waals surface area contributed by atoms with Crippen LogP contribution in [0.2, 0.25) is 5.28 Å². The number of imidazole rings is 1. The quantitative estimate of drug-likeness (QED) is 0.689. The third kappa shape index (κ3) is 3.62. The number of aryl methyl sites for hydroxylation is 2. The van der Waals surface area contributed by atoms with Crippen LogP contribution in [0.3, 0.4) is 0 Å². The molecule has 3 rings (SSSR count). The van der Waals surface area contributed by atoms with Gasteiger partial charge in [0.15, 0.2) is 17.0 Å². The Labute approximate surface area is 140 Å². The van der Waals surface area contributed by atoms with Gasteiger partial charge in [0.25, 0.3) is 0 Å². The van der Waals surface area contributed by atoms with Gasteiger partial charge in [-0.1, -0.05) is 43.2 Å². The average molecular weight is 330 g/mol. The number of aromatic nitrogens is 4. The summed E-state index contributed by atoms with van der Waals surface area (Å²) in [4.78, 5) is 13.1. The Kier molecular flexibility index (Phi) is 4.76. The largest absolute Gasteiger partial charge is 0.364 e. The number of hydrogen-bond donors (Lipinski definition) is 1. The molecule has 0 aliphatic heterocycles. The predicted octanol–water partition coefficient (Wildman–Crippen LogP) is 4.20. The maximum Gasteiger partial charge on any atom is 0.226 e. The zero-order valence-electron chi connectivity index (χ0n) is 13.4. The van der Waals surface area contributed by atoms with E-state index >= 15 is 0 Å². The van der Waals surface area contributed by atoms with Crippen molar-refractivity contribution in [1.82, 2.24) is 19.5 Å². The van der Waals surface area contributed by atoms with Gasteiger partial charge in [-0.3, -0.25) is 0 Å². The lowest BCUT2D eigenvalue weighted by atomic mass is 10.1. The zero-order chi connectivity index (χ0) is 16.2. The van der Waals surface area contributed by atoms with Gasteiger partial charge in [-0.05, 0) is 30.5 Å². The number of unbranched alkanes of at least 4 members (excludes halogenated alkanes) is 1. The number of nitrogens with one attached hydrogen (secondary N) is 1. The predicted molar refractivity (Wildman–Crippen MR) is 93.7 cm³/mol. The van der Waals surface area contributed by atoms with Gasteiger partial charge in [0, 0.05) is 13.1 Å². The molecule has 0 unspecified atom stereocenters. The molecule has 0 saturated heterocycles. The molecule has 6 heteroatoms. The van der Waals surface area contributed by atoms with E-state index in [2.05, 4.69) is 52.3 Å². The minimum absolute atomic E-state index is 0.238. The molecule has 0 aliphatic rings. The second-order valence-electron chi connectivity index (χ2n) is 5.65. The van der Waals surface area contributed by atoms with E-state index < -0.39 is 0 Å². The van der Waals surface area contributed by atoms with Crippen molar-refractivity contribution in [2.24, 2.45) is 0 Å². The Bertz CT molecular complexity index is 812. The molecular weight excluding hydrogens is 310 g/mol. The highest BCUT2D eigenvalue weighted by molar-refractivity contribution is 6.28. The molecule has 5 nitrogen and oxygen atoms in total. The molecule has 0 radical (unpaired) electrons. The minimum atomic E-state index is 0.238. The molecule has 0 saturated carbocycles. The van der Waals surface area contributed by atoms with Crippen molar-refractivity contribution in [3.8, 4) is 0 Å². The molecule has 0 bridgehead atoms. The second-order valence-corrected chi connectivity index (χ2v) is 5.99. The summed E-state index contributed by atoms with van der Waals surface area (Å²) in [6, 6.07) is 8.36. The van der Waals surface area contributed by atoms with Crippen LogP contribution in [0, 0.1) is 6.92 Å². The van der Waals surface area contributed by atoms with E-state index in [-0.39, 0.29) is 5.28 Å². The minimum Gasteiger partial charge on any atom is -0.364 e. The Morgan fingerprint density at radius 3 is 2.91 bits per heavy atom. The second kappa shape index (κ2) is 6.96. The van der Waals surface area contributed by atoms with E-state index in [4.69, 9.17) is 11.6 Å². The average Bonchev–Trinajstić information content (AvgIpc) is 2.93. The summed E-state index contributed by atoms with van der Waals surface area (Å²) in [6.45, 7) is 5.80. The number of rotatable bonds is 6. The van der Waals surface area contributed by atoms with Crippen LogP contribution in [0.5, 0.6) is 0 Å². The molecule has 1 N–H and O–H groups in total. The molecule has 0 aliphatic carbocycles. The molecule has 23 heavy (non-hydrogen) atoms. The fourth-order valence-corrected chi connectivity index (χ4v) is 2.71. The van der Waals surface area contributed by atoms with Crippen LogP contribution in [0.4, 0.5) is 5.82 Å². The van der Waals surface area contributed by atoms with Gasteiger partial charge in [0.05, 0.1) is 6.33 Å². The van der Waals surface area contributed by atoms with Crippen molar-refractivity contribution in [3.63, 3.8) is 0 Å². The van der Waals surface area contributed by atoms with Gasteiger partial charge in [0.2, 0.25) is 5.28 Å². The summed E-state index contributed by atoms with van der Waals surface area (Å²) >= 11 is 6.09. The van der Waals surface area contributed by atoms with E-state index in [0.717, 1.165) is 30.6 Å². The molecular formula is C17H20ClN5. The summed E-state index contributed by atoms with van der Waals surface area (Å²) in [5.74, 6) is 0.678. The zero-order valence-corrected chi connectivity index (χ0v) is 14.1. The molecule has 0 fully saturated rings. The topological polar surface area (TPSA) is 55.6 Å². The number of halogens is 1. The molecule has 0 amide bonds. The third-order valence-electron chi connectivity index (χ3n) is 3.73. The Hall–Kier alpha value is -2.14. The first-order valence-electron chi connectivity index (χ1n) is 7.85. The van der Waals surface area contributed by atoms with Crippen molar-refractivity contribution in [2.45, 2.75) is 39.8 Å². The Morgan fingerprint density at radius 1 is 1.26 bits per heavy atom. The van der Waals surface area contributed by atoms with Crippen LogP contribution in [-0.2, 0) is 13.1 Å². The van der Waals surface area contributed by atoms with Crippen molar-refractivity contribution in [3.05, 3.63) is 47.0 Å². The van der Waals surface area contributed by atoms with E-state index in [1.165, 1.54) is 11.1 Å². The smallest absolute Gasteiger partial charge is 0.226 e. The summed E-state index contributed by atoms with van der Waals surface area (Å²) in [6.07, 6.45) is 4.01. The standard InChI is InChI=1S/C17H20ClN5/c1-3-4-8-23-11-20-14-15(21-17(18)22-16(14)23)19-10-13-7-5-6-12(2)9-13/h5-7,9,11H,3-4,8,10H2,1-2H3,(H,19,21,22). The van der Waals surface area contributed by atoms with E-state index in [0.29, 0.717) is 12.4 Å². The van der Waals surface area contributed by atoms with Crippen LogP contribution in [0.1, 0.15) is 30.9 Å². The van der Waals surface area contributed by atoms with Crippen LogP contribution in [-0.4, -0.2) is 19.5 Å². The molecule has 1 aromatic carbocycles. The van der Waals surface area contributed by atoms with E-state index in [1.807, 2.05) is 17.0 Å². The molecule has 3 aromatic rings. The fourth-order valence-electron chi connectivity index (χ4n) is 2.54. The van der Waals surface area contributed by atoms with Gasteiger partial charge in [-0.15, -0.1) is 0 Å². The first-order chi connectivity index (χ1) is 11.2. The molecule has 2 aromatic heterocycles. The summed E-state index contributed by atoms with van der Waals surface area (Å²) < 4.78 is 2.03. The first kappa shape index (κ1) is 15.7. The van der Waals surface area contributed by atoms with Crippen molar-refractivity contribution >= 4 is 28.6 Å². The van der Waals surface area contributed by atoms with Crippen molar-refractivity contribution in [2.75, 3.05) is 5.32 Å². The fraction of sp³-hybridized carbons (Fsp3) is 0.353. The van der Waals surface area contributed by atoms with E-state index in [1.54, 1.807) is 0 Å². The maximum atomic E-state index is 6.09. The first-order valence-corrected chi connectivity index (χ1v) is 8.23. The molecule has 120 valence electrons. The van der Waals surface area contributed by atoms with Gasteiger partial charge < -0.3 is 9.88 Å². The van der Waals surface area contributed by atoms with Gasteiger partial charge in [-0.25, -0.2) is 4.98 Å². The van der Waals surface area contributed by atoms with Gasteiger partial charge in [-0.2, -0.15) is 9.97 Å². The van der Waals surface area contributed by atoms with Crippen LogP contribution < -0.4 is 5.32 Å². The lowest BCUT2D eigenvalue weighted by Gasteiger charge is -2.08. The Morgan fingerprint density at radius 2 is 2.13 bits per heavy atom. The molecule has 0 atom stereocenters. The number of hydrogen-bond acceptors (Lipinski definition) is 4. The summed E-state index contributed by atoms with van der Waals surface area (Å²) in [7, 11) is 0. The number of nitrogens with zero attached hydrogens (tertiary/aromatic N) is 4. The molecule has 2 heterocycles. The lowest BCUT2D eigenvalue weighted by Crippen LogP contribution is -2.04. The van der Waals surface area contributed by atoms with Crippen molar-refractivity contribution in [1.29, 1.82) is 0 Å². The molecule has 0 spiro atoms. The highest BCUT2D eigenvalue weighted by Gasteiger charge is 2.12. The van der Waals surface area contributed by atoms with Crippen LogP contribution >= 0.6 is 11.6 Å². The Balaban J connectivity index is 1.86. The van der Waals surface area contributed by atoms with Gasteiger partial charge in [0.1, 0.15) is 0 Å². The van der Waals surface area contributed by atoms with E-state index in [9.17, 15) is 0 Å². The normalized spacial score (nSPS) is 11.1. The van der Waals surface area contributed by atoms with Gasteiger partial charge >= 0.3 is 0 Å². The van der Waals surface area contributed by atoms with Crippen LogP contribution in [0.15, 0.2) is 30.6 Å². The highest BCUT2D eigenvalue weighted by Crippen LogP contribution is 2.22. The third-order valence-corrected chi connectivity index (χ3v) is 3.90. The summed E-state index contributed by atoms with van der Waals surface area (Å²) in [5.41, 5.74) is 3.97. The van der Waals surface area contributed by atoms with Crippen molar-refractivity contribution < 1.29 is 0 Å². The maximum absolute atomic E-state index is 6.09. The lowest BCUT2D eigenvalue weighted by molar-refractivity contribution is 0.641. The summed E-state index contributed by atoms with van der Waals surface area (Å²) in [5, 5.41) is 3.57.